The second-order valence-corrected chi connectivity index (χ2v) is 8.18. The third-order valence-corrected chi connectivity index (χ3v) is 6.01. The number of aromatic nitrogens is 2. The second-order valence-electron chi connectivity index (χ2n) is 8.18. The lowest BCUT2D eigenvalue weighted by Crippen LogP contribution is -2.30. The van der Waals surface area contributed by atoms with Crippen molar-refractivity contribution >= 4 is 5.91 Å². The molecule has 1 N–H and O–H groups in total. The van der Waals surface area contributed by atoms with Gasteiger partial charge in [0.2, 0.25) is 0 Å². The van der Waals surface area contributed by atoms with Crippen molar-refractivity contribution in [2.45, 2.75) is 38.8 Å². The van der Waals surface area contributed by atoms with Crippen molar-refractivity contribution in [3.05, 3.63) is 89.0 Å². The average Bonchev–Trinajstić information content (AvgIpc) is 3.30. The highest BCUT2D eigenvalue weighted by molar-refractivity contribution is 5.95. The maximum atomic E-state index is 13.1. The van der Waals surface area contributed by atoms with Crippen molar-refractivity contribution in [3.63, 3.8) is 0 Å². The maximum absolute atomic E-state index is 13.1. The molecule has 0 radical (unpaired) electrons. The molecular weight excluding hydrogens is 400 g/mol. The Bertz CT molecular complexity index is 1040. The highest BCUT2D eigenvalue weighted by Crippen LogP contribution is 2.32. The summed E-state index contributed by atoms with van der Waals surface area (Å²) in [5.41, 5.74) is 3.75. The van der Waals surface area contributed by atoms with Gasteiger partial charge in [-0.3, -0.25) is 9.69 Å². The van der Waals surface area contributed by atoms with Gasteiger partial charge < -0.3 is 10.1 Å². The molecule has 1 fully saturated rings. The summed E-state index contributed by atoms with van der Waals surface area (Å²) in [5.74, 6) is 1.36. The molecule has 1 aliphatic heterocycles. The molecule has 32 heavy (non-hydrogen) atoms. The maximum Gasteiger partial charge on any atom is 0.255 e. The molecule has 6 heteroatoms. The first-order valence-electron chi connectivity index (χ1n) is 11.2. The molecule has 2 heterocycles. The van der Waals surface area contributed by atoms with Crippen LogP contribution in [0.15, 0.2) is 60.8 Å². The van der Waals surface area contributed by atoms with E-state index in [1.807, 2.05) is 37.3 Å². The molecule has 0 spiro atoms. The molecule has 3 aromatic rings. The van der Waals surface area contributed by atoms with Crippen LogP contribution in [0.4, 0.5) is 0 Å². The zero-order valence-corrected chi connectivity index (χ0v) is 18.8. The van der Waals surface area contributed by atoms with Crippen LogP contribution in [-0.4, -0.2) is 41.0 Å². The minimum atomic E-state index is -0.134. The number of carbonyl (C=O) groups excluding carboxylic acids is 1. The van der Waals surface area contributed by atoms with Crippen LogP contribution >= 0.6 is 0 Å². The quantitative estimate of drug-likeness (QED) is 0.583. The lowest BCUT2D eigenvalue weighted by molar-refractivity contribution is 0.0946. The van der Waals surface area contributed by atoms with Crippen molar-refractivity contribution in [1.29, 1.82) is 0 Å². The third-order valence-electron chi connectivity index (χ3n) is 6.01. The second kappa shape index (κ2) is 10.4. The van der Waals surface area contributed by atoms with E-state index in [1.165, 1.54) is 5.56 Å². The van der Waals surface area contributed by atoms with Crippen LogP contribution in [0.2, 0.25) is 0 Å². The predicted octanol–water partition coefficient (Wildman–Crippen LogP) is 4.10. The number of aryl methyl sites for hydroxylation is 1. The smallest absolute Gasteiger partial charge is 0.255 e. The van der Waals surface area contributed by atoms with Crippen LogP contribution in [0.25, 0.3) is 0 Å². The van der Waals surface area contributed by atoms with Gasteiger partial charge in [0.15, 0.2) is 0 Å². The molecule has 166 valence electrons. The summed E-state index contributed by atoms with van der Waals surface area (Å²) in [6.45, 7) is 4.29. The van der Waals surface area contributed by atoms with Crippen LogP contribution < -0.4 is 10.1 Å². The number of methoxy groups -OCH3 is 1. The normalized spacial score (nSPS) is 16.1. The summed E-state index contributed by atoms with van der Waals surface area (Å²) >= 11 is 0. The Kier molecular flexibility index (Phi) is 7.12. The van der Waals surface area contributed by atoms with E-state index in [-0.39, 0.29) is 11.9 Å². The van der Waals surface area contributed by atoms with Crippen molar-refractivity contribution in [2.24, 2.45) is 0 Å². The molecule has 1 aliphatic rings. The topological polar surface area (TPSA) is 67.3 Å². The molecule has 0 bridgehead atoms. The minimum Gasteiger partial charge on any atom is -0.497 e. The van der Waals surface area contributed by atoms with Crippen LogP contribution in [0, 0.1) is 6.92 Å². The zero-order valence-electron chi connectivity index (χ0n) is 18.8. The van der Waals surface area contributed by atoms with Crippen molar-refractivity contribution < 1.29 is 9.53 Å². The highest BCUT2D eigenvalue weighted by Gasteiger charge is 2.30. The van der Waals surface area contributed by atoms with Gasteiger partial charge in [-0.25, -0.2) is 9.97 Å². The Morgan fingerprint density at radius 2 is 1.91 bits per heavy atom. The molecule has 4 rings (SSSR count). The van der Waals surface area contributed by atoms with E-state index in [0.717, 1.165) is 49.4 Å². The molecule has 1 saturated heterocycles. The molecule has 6 nitrogen and oxygen atoms in total. The van der Waals surface area contributed by atoms with Gasteiger partial charge in [-0.2, -0.15) is 0 Å². The summed E-state index contributed by atoms with van der Waals surface area (Å²) in [5, 5.41) is 3.03. The Hall–Kier alpha value is -3.25. The van der Waals surface area contributed by atoms with Gasteiger partial charge in [0.25, 0.3) is 5.91 Å². The van der Waals surface area contributed by atoms with E-state index < -0.39 is 0 Å². The molecule has 0 aliphatic carbocycles. The fourth-order valence-electron chi connectivity index (χ4n) is 4.26. The van der Waals surface area contributed by atoms with E-state index >= 15 is 0 Å². The largest absolute Gasteiger partial charge is 0.497 e. The van der Waals surface area contributed by atoms with Crippen LogP contribution in [-0.2, 0) is 13.0 Å². The Morgan fingerprint density at radius 1 is 1.12 bits per heavy atom. The number of likely N-dealkylation sites (tertiary alicyclic amines) is 1. The molecule has 0 unspecified atom stereocenters. The van der Waals surface area contributed by atoms with E-state index in [1.54, 1.807) is 13.3 Å². The van der Waals surface area contributed by atoms with Crippen LogP contribution in [0.3, 0.4) is 0 Å². The van der Waals surface area contributed by atoms with Crippen LogP contribution in [0.5, 0.6) is 5.75 Å². The van der Waals surface area contributed by atoms with E-state index in [0.29, 0.717) is 17.9 Å². The number of carbonyl (C=O) groups is 1. The number of hydrogen-bond donors (Lipinski definition) is 1. The van der Waals surface area contributed by atoms with Gasteiger partial charge in [-0.15, -0.1) is 0 Å². The first-order chi connectivity index (χ1) is 15.6. The SMILES string of the molecule is COc1ccc(CNC(=O)c2cnc(C)nc2[C@@H]2CCCN2CCc2ccccc2)cc1. The molecule has 0 saturated carbocycles. The lowest BCUT2D eigenvalue weighted by Gasteiger charge is -2.25. The third kappa shape index (κ3) is 5.32. The molecule has 1 atom stereocenters. The minimum absolute atomic E-state index is 0.134. The Morgan fingerprint density at radius 3 is 2.66 bits per heavy atom. The van der Waals surface area contributed by atoms with Gasteiger partial charge in [-0.1, -0.05) is 42.5 Å². The monoisotopic (exact) mass is 430 g/mol. The van der Waals surface area contributed by atoms with Crippen molar-refractivity contribution in [3.8, 4) is 5.75 Å². The molecule has 2 aromatic carbocycles. The zero-order chi connectivity index (χ0) is 22.3. The van der Waals surface area contributed by atoms with Crippen molar-refractivity contribution in [1.82, 2.24) is 20.2 Å². The van der Waals surface area contributed by atoms with Gasteiger partial charge in [0.05, 0.1) is 24.4 Å². The van der Waals surface area contributed by atoms with Gasteiger partial charge >= 0.3 is 0 Å². The summed E-state index contributed by atoms with van der Waals surface area (Å²) < 4.78 is 5.20. The summed E-state index contributed by atoms with van der Waals surface area (Å²) in [6, 6.07) is 18.4. The molecule has 1 aromatic heterocycles. The summed E-state index contributed by atoms with van der Waals surface area (Å²) in [7, 11) is 1.64. The predicted molar refractivity (Wildman–Crippen MR) is 125 cm³/mol. The van der Waals surface area contributed by atoms with Gasteiger partial charge in [0.1, 0.15) is 11.6 Å². The van der Waals surface area contributed by atoms with E-state index in [4.69, 9.17) is 9.72 Å². The molecular formula is C26H30N4O2. The number of rotatable bonds is 8. The number of ether oxygens (including phenoxy) is 1. The standard InChI is InChI=1S/C26H30N4O2/c1-19-27-18-23(26(31)28-17-21-10-12-22(32-2)13-11-21)25(29-19)24-9-6-15-30(24)16-14-20-7-4-3-5-8-20/h3-5,7-8,10-13,18,24H,6,9,14-17H2,1-2H3,(H,28,31)/t24-/m0/s1. The van der Waals surface area contributed by atoms with E-state index in [9.17, 15) is 4.79 Å². The van der Waals surface area contributed by atoms with Crippen molar-refractivity contribution in [2.75, 3.05) is 20.2 Å². The van der Waals surface area contributed by atoms with Crippen LogP contribution in [0.1, 0.15) is 51.9 Å². The number of amides is 1. The fourth-order valence-corrected chi connectivity index (χ4v) is 4.26. The first-order valence-corrected chi connectivity index (χ1v) is 11.2. The van der Waals surface area contributed by atoms with Gasteiger partial charge in [-0.05, 0) is 56.0 Å². The summed E-state index contributed by atoms with van der Waals surface area (Å²) in [4.78, 5) is 24.6. The number of hydrogen-bond acceptors (Lipinski definition) is 5. The van der Waals surface area contributed by atoms with E-state index in [2.05, 4.69) is 39.5 Å². The number of nitrogens with one attached hydrogen (secondary N) is 1. The molecule has 1 amide bonds. The first kappa shape index (κ1) is 22.0. The lowest BCUT2D eigenvalue weighted by atomic mass is 10.0. The average molecular weight is 431 g/mol. The Labute approximate surface area is 189 Å². The number of nitrogens with zero attached hydrogens (tertiary/aromatic N) is 3. The van der Waals surface area contributed by atoms with Gasteiger partial charge in [0, 0.05) is 19.3 Å². The Balaban J connectivity index is 1.47. The summed E-state index contributed by atoms with van der Waals surface area (Å²) in [6.07, 6.45) is 4.77. The highest BCUT2D eigenvalue weighted by atomic mass is 16.5. The number of benzene rings is 2. The fraction of sp³-hybridized carbons (Fsp3) is 0.346.